The maximum absolute atomic E-state index is 5.71. The van der Waals surface area contributed by atoms with E-state index in [1.807, 2.05) is 12.1 Å². The van der Waals surface area contributed by atoms with Crippen LogP contribution in [0.4, 0.5) is 0 Å². The van der Waals surface area contributed by atoms with Crippen molar-refractivity contribution in [2.24, 2.45) is 5.92 Å². The molecule has 1 aromatic rings. The number of hydrogen-bond acceptors (Lipinski definition) is 3. The lowest BCUT2D eigenvalue weighted by molar-refractivity contribution is 0.0807. The van der Waals surface area contributed by atoms with E-state index in [9.17, 15) is 0 Å². The van der Waals surface area contributed by atoms with Gasteiger partial charge < -0.3 is 14.8 Å². The van der Waals surface area contributed by atoms with Crippen molar-refractivity contribution < 1.29 is 9.47 Å². The van der Waals surface area contributed by atoms with Crippen molar-refractivity contribution in [1.29, 1.82) is 0 Å². The van der Waals surface area contributed by atoms with E-state index in [2.05, 4.69) is 24.4 Å². The quantitative estimate of drug-likeness (QED) is 0.767. The molecule has 2 rings (SSSR count). The predicted octanol–water partition coefficient (Wildman–Crippen LogP) is 2.78. The van der Waals surface area contributed by atoms with Crippen molar-refractivity contribution in [2.75, 3.05) is 32.9 Å². The summed E-state index contributed by atoms with van der Waals surface area (Å²) in [7, 11) is 0. The summed E-state index contributed by atoms with van der Waals surface area (Å²) < 4.78 is 11.4. The maximum Gasteiger partial charge on any atom is 0.119 e. The monoisotopic (exact) mass is 263 g/mol. The first-order valence-corrected chi connectivity index (χ1v) is 7.32. The molecule has 1 atom stereocenters. The van der Waals surface area contributed by atoms with E-state index in [4.69, 9.17) is 9.47 Å². The van der Waals surface area contributed by atoms with Crippen molar-refractivity contribution in [1.82, 2.24) is 5.32 Å². The summed E-state index contributed by atoms with van der Waals surface area (Å²) in [4.78, 5) is 0. The zero-order valence-electron chi connectivity index (χ0n) is 11.9. The molecular weight excluding hydrogens is 238 g/mol. The normalized spacial score (nSPS) is 19.3. The van der Waals surface area contributed by atoms with Crippen LogP contribution >= 0.6 is 0 Å². The van der Waals surface area contributed by atoms with Gasteiger partial charge in [-0.1, -0.05) is 17.7 Å². The van der Waals surface area contributed by atoms with Gasteiger partial charge >= 0.3 is 0 Å². The highest BCUT2D eigenvalue weighted by Gasteiger charge is 2.12. The first-order chi connectivity index (χ1) is 9.34. The second-order valence-electron chi connectivity index (χ2n) is 5.30. The average Bonchev–Trinajstić information content (AvgIpc) is 2.46. The lowest BCUT2D eigenvalue weighted by Crippen LogP contribution is -2.32. The molecule has 1 heterocycles. The van der Waals surface area contributed by atoms with Gasteiger partial charge in [0.25, 0.3) is 0 Å². The van der Waals surface area contributed by atoms with Gasteiger partial charge in [-0.3, -0.25) is 0 Å². The minimum Gasteiger partial charge on any atom is -0.494 e. The summed E-state index contributed by atoms with van der Waals surface area (Å²) in [5.41, 5.74) is 1.26. The van der Waals surface area contributed by atoms with Crippen molar-refractivity contribution in [2.45, 2.75) is 26.2 Å². The van der Waals surface area contributed by atoms with Gasteiger partial charge in [-0.05, 0) is 44.4 Å². The van der Waals surface area contributed by atoms with Gasteiger partial charge in [-0.25, -0.2) is 0 Å². The number of piperidine rings is 1. The summed E-state index contributed by atoms with van der Waals surface area (Å²) in [6, 6.07) is 8.18. The van der Waals surface area contributed by atoms with Crippen LogP contribution in [0.1, 0.15) is 24.8 Å². The average molecular weight is 263 g/mol. The molecular formula is C16H25NO2. The molecule has 106 valence electrons. The molecule has 1 aromatic carbocycles. The molecule has 1 aliphatic heterocycles. The molecule has 1 N–H and O–H groups in total. The molecule has 1 aliphatic rings. The largest absolute Gasteiger partial charge is 0.494 e. The molecule has 0 amide bonds. The van der Waals surface area contributed by atoms with Crippen LogP contribution in [0.2, 0.25) is 0 Å². The van der Waals surface area contributed by atoms with E-state index in [-0.39, 0.29) is 0 Å². The minimum atomic E-state index is 0.701. The Morgan fingerprint density at radius 3 is 2.79 bits per heavy atom. The molecule has 19 heavy (non-hydrogen) atoms. The number of aryl methyl sites for hydroxylation is 1. The van der Waals surface area contributed by atoms with Crippen LogP contribution in [0.3, 0.4) is 0 Å². The van der Waals surface area contributed by atoms with Crippen LogP contribution < -0.4 is 10.1 Å². The molecule has 1 saturated heterocycles. The van der Waals surface area contributed by atoms with Crippen molar-refractivity contribution in [3.63, 3.8) is 0 Å². The number of nitrogens with one attached hydrogen (secondary N) is 1. The number of rotatable bonds is 7. The van der Waals surface area contributed by atoms with Gasteiger partial charge in [0.1, 0.15) is 5.75 Å². The zero-order valence-corrected chi connectivity index (χ0v) is 11.9. The molecule has 0 bridgehead atoms. The fourth-order valence-corrected chi connectivity index (χ4v) is 2.30. The fraction of sp³-hybridized carbons (Fsp3) is 0.625. The van der Waals surface area contributed by atoms with Crippen LogP contribution in [-0.4, -0.2) is 32.9 Å². The second kappa shape index (κ2) is 8.18. The van der Waals surface area contributed by atoms with Gasteiger partial charge in [-0.15, -0.1) is 0 Å². The van der Waals surface area contributed by atoms with Crippen LogP contribution in [0.15, 0.2) is 24.3 Å². The van der Waals surface area contributed by atoms with Crippen LogP contribution in [0, 0.1) is 12.8 Å². The summed E-state index contributed by atoms with van der Waals surface area (Å²) in [5, 5.41) is 3.41. The lowest BCUT2D eigenvalue weighted by atomic mass is 10.0. The topological polar surface area (TPSA) is 30.5 Å². The Morgan fingerprint density at radius 1 is 1.21 bits per heavy atom. The summed E-state index contributed by atoms with van der Waals surface area (Å²) in [6.45, 7) is 6.77. The summed E-state index contributed by atoms with van der Waals surface area (Å²) in [6.07, 6.45) is 3.53. The van der Waals surface area contributed by atoms with E-state index >= 15 is 0 Å². The maximum atomic E-state index is 5.71. The molecule has 3 nitrogen and oxygen atoms in total. The standard InChI is InChI=1S/C16H25NO2/c1-14-5-7-16(8-6-14)19-11-3-10-18-13-15-4-2-9-17-12-15/h5-8,15,17H,2-4,9-13H2,1H3. The third kappa shape index (κ3) is 5.62. The summed E-state index contributed by atoms with van der Waals surface area (Å²) >= 11 is 0. The van der Waals surface area contributed by atoms with E-state index < -0.39 is 0 Å². The van der Waals surface area contributed by atoms with Crippen LogP contribution in [0.25, 0.3) is 0 Å². The fourth-order valence-electron chi connectivity index (χ4n) is 2.30. The molecule has 0 aromatic heterocycles. The Bertz CT molecular complexity index is 344. The SMILES string of the molecule is Cc1ccc(OCCCOCC2CCCNC2)cc1. The molecule has 1 unspecified atom stereocenters. The Hall–Kier alpha value is -1.06. The Morgan fingerprint density at radius 2 is 2.05 bits per heavy atom. The van der Waals surface area contributed by atoms with E-state index in [0.29, 0.717) is 5.92 Å². The zero-order chi connectivity index (χ0) is 13.3. The lowest BCUT2D eigenvalue weighted by Gasteiger charge is -2.22. The van der Waals surface area contributed by atoms with Crippen LogP contribution in [0.5, 0.6) is 5.75 Å². The molecule has 0 spiro atoms. The highest BCUT2D eigenvalue weighted by molar-refractivity contribution is 5.26. The smallest absolute Gasteiger partial charge is 0.119 e. The number of ether oxygens (including phenoxy) is 2. The minimum absolute atomic E-state index is 0.701. The van der Waals surface area contributed by atoms with Crippen molar-refractivity contribution >= 4 is 0 Å². The van der Waals surface area contributed by atoms with Gasteiger partial charge in [0.05, 0.1) is 13.2 Å². The van der Waals surface area contributed by atoms with Crippen LogP contribution in [-0.2, 0) is 4.74 Å². The molecule has 0 aliphatic carbocycles. The number of hydrogen-bond donors (Lipinski definition) is 1. The van der Waals surface area contributed by atoms with E-state index in [1.54, 1.807) is 0 Å². The highest BCUT2D eigenvalue weighted by atomic mass is 16.5. The second-order valence-corrected chi connectivity index (χ2v) is 5.30. The highest BCUT2D eigenvalue weighted by Crippen LogP contribution is 2.12. The molecule has 0 saturated carbocycles. The predicted molar refractivity (Wildman–Crippen MR) is 77.7 cm³/mol. The van der Waals surface area contributed by atoms with E-state index in [0.717, 1.165) is 38.5 Å². The molecule has 1 fully saturated rings. The Kier molecular flexibility index (Phi) is 6.18. The Balaban J connectivity index is 1.49. The van der Waals surface area contributed by atoms with E-state index in [1.165, 1.54) is 24.9 Å². The summed E-state index contributed by atoms with van der Waals surface area (Å²) in [5.74, 6) is 1.65. The third-order valence-corrected chi connectivity index (χ3v) is 3.48. The van der Waals surface area contributed by atoms with Gasteiger partial charge in [0, 0.05) is 19.6 Å². The van der Waals surface area contributed by atoms with Gasteiger partial charge in [-0.2, -0.15) is 0 Å². The molecule has 0 radical (unpaired) electrons. The first kappa shape index (κ1) is 14.4. The van der Waals surface area contributed by atoms with Crippen molar-refractivity contribution in [3.05, 3.63) is 29.8 Å². The van der Waals surface area contributed by atoms with Gasteiger partial charge in [0.15, 0.2) is 0 Å². The third-order valence-electron chi connectivity index (χ3n) is 3.48. The van der Waals surface area contributed by atoms with Gasteiger partial charge in [0.2, 0.25) is 0 Å². The Labute approximate surface area is 116 Å². The number of benzene rings is 1. The first-order valence-electron chi connectivity index (χ1n) is 7.32. The molecule has 3 heteroatoms. The van der Waals surface area contributed by atoms with Crippen molar-refractivity contribution in [3.8, 4) is 5.75 Å².